The number of rotatable bonds is 6. The van der Waals surface area contributed by atoms with Crippen LogP contribution in [0.15, 0.2) is 48.8 Å². The van der Waals surface area contributed by atoms with Crippen LogP contribution >= 0.6 is 0 Å². The fourth-order valence-corrected chi connectivity index (χ4v) is 3.53. The average molecular weight is 359 g/mol. The maximum Gasteiger partial charge on any atom is 1.00 e. The van der Waals surface area contributed by atoms with Crippen LogP contribution in [0.3, 0.4) is 0 Å². The van der Waals surface area contributed by atoms with Crippen molar-refractivity contribution in [3.63, 3.8) is 0 Å². The summed E-state index contributed by atoms with van der Waals surface area (Å²) in [7, 11) is 0. The number of nitrogens with one attached hydrogen (secondary N) is 1. The molecule has 2 aliphatic carbocycles. The maximum atomic E-state index is 12.8. The van der Waals surface area contributed by atoms with Crippen LogP contribution in [-0.4, -0.2) is 21.8 Å². The molecule has 2 fully saturated rings. The number of carboxylic acid groups (broad SMARTS) is 1. The molecule has 26 heavy (non-hydrogen) atoms. The Balaban J connectivity index is 0.00000196. The first-order chi connectivity index (χ1) is 12.1. The van der Waals surface area contributed by atoms with E-state index in [-0.39, 0.29) is 47.9 Å². The summed E-state index contributed by atoms with van der Waals surface area (Å²) >= 11 is 0. The maximum absolute atomic E-state index is 12.8. The molecule has 6 nitrogen and oxygen atoms in total. The van der Waals surface area contributed by atoms with Gasteiger partial charge in [0, 0.05) is 17.8 Å². The third-order valence-electron chi connectivity index (χ3n) is 5.19. The predicted octanol–water partition coefficient (Wildman–Crippen LogP) is -2.24. The number of carbonyl (C=O) groups excluding carboxylic acids is 2. The Bertz CT molecular complexity index is 798. The van der Waals surface area contributed by atoms with Gasteiger partial charge in [-0.05, 0) is 36.8 Å². The summed E-state index contributed by atoms with van der Waals surface area (Å²) in [5, 5.41) is 14.8. The molecule has 1 aromatic carbocycles. The van der Waals surface area contributed by atoms with Crippen LogP contribution in [0.2, 0.25) is 0 Å². The standard InChI is InChI=1S/C19H19N3O3.Na/c23-17(22-15(12-7-8-12)16-20-9-4-10-21-16)14-11-19(14,18(24)25)13-5-2-1-3-6-13;/h1-6,9-10,12,14-15H,7-8,11H2,(H,22,23)(H,24,25);/q;+1/p-1/t14-,15?,19+;/m1./s1. The molecular weight excluding hydrogens is 341 g/mol. The number of amides is 1. The van der Waals surface area contributed by atoms with Crippen molar-refractivity contribution in [2.24, 2.45) is 11.8 Å². The van der Waals surface area contributed by atoms with Crippen LogP contribution in [0, 0.1) is 11.8 Å². The Kier molecular flexibility index (Phi) is 5.46. The van der Waals surface area contributed by atoms with Crippen molar-refractivity contribution in [2.45, 2.75) is 30.7 Å². The van der Waals surface area contributed by atoms with Crippen molar-refractivity contribution >= 4 is 11.9 Å². The molecule has 0 radical (unpaired) electrons. The number of carbonyl (C=O) groups is 2. The van der Waals surface area contributed by atoms with Gasteiger partial charge in [0.1, 0.15) is 0 Å². The molecule has 2 aromatic rings. The minimum Gasteiger partial charge on any atom is -0.549 e. The number of aliphatic carboxylic acids is 1. The van der Waals surface area contributed by atoms with E-state index in [0.29, 0.717) is 17.3 Å². The van der Waals surface area contributed by atoms with Crippen molar-refractivity contribution < 1.29 is 44.3 Å². The Hall–Kier alpha value is -1.76. The van der Waals surface area contributed by atoms with Crippen LogP contribution in [0.25, 0.3) is 0 Å². The monoisotopic (exact) mass is 359 g/mol. The smallest absolute Gasteiger partial charge is 0.549 e. The third kappa shape index (κ3) is 3.41. The quantitative estimate of drug-likeness (QED) is 0.589. The first-order valence-corrected chi connectivity index (χ1v) is 8.47. The fourth-order valence-electron chi connectivity index (χ4n) is 3.53. The Labute approximate surface area is 173 Å². The van der Waals surface area contributed by atoms with E-state index in [0.717, 1.165) is 12.8 Å². The molecule has 3 atom stereocenters. The number of carboxylic acids is 1. The molecule has 1 heterocycles. The molecule has 7 heteroatoms. The summed E-state index contributed by atoms with van der Waals surface area (Å²) in [5.74, 6) is -1.18. The van der Waals surface area contributed by atoms with E-state index >= 15 is 0 Å². The van der Waals surface area contributed by atoms with E-state index in [4.69, 9.17) is 0 Å². The van der Waals surface area contributed by atoms with E-state index in [9.17, 15) is 14.7 Å². The largest absolute Gasteiger partial charge is 1.00 e. The van der Waals surface area contributed by atoms with Crippen LogP contribution < -0.4 is 40.0 Å². The van der Waals surface area contributed by atoms with E-state index in [1.165, 1.54) is 0 Å². The summed E-state index contributed by atoms with van der Waals surface area (Å²) in [5.41, 5.74) is -0.606. The van der Waals surface area contributed by atoms with Gasteiger partial charge in [0.15, 0.2) is 5.82 Å². The SMILES string of the molecule is O=C(NC(c1ncccn1)C1CC1)[C@H]1C[C@]1(C(=O)[O-])c1ccccc1.[Na+]. The van der Waals surface area contributed by atoms with Gasteiger partial charge < -0.3 is 15.2 Å². The minimum absolute atomic E-state index is 0. The number of hydrogen-bond acceptors (Lipinski definition) is 5. The van der Waals surface area contributed by atoms with Crippen LogP contribution in [-0.2, 0) is 15.0 Å². The molecule has 0 spiro atoms. The van der Waals surface area contributed by atoms with Gasteiger partial charge >= 0.3 is 29.6 Å². The Morgan fingerprint density at radius 3 is 2.35 bits per heavy atom. The second kappa shape index (κ2) is 7.47. The second-order valence-electron chi connectivity index (χ2n) is 6.81. The van der Waals surface area contributed by atoms with E-state index in [1.807, 2.05) is 6.07 Å². The van der Waals surface area contributed by atoms with Gasteiger partial charge in [-0.2, -0.15) is 0 Å². The van der Waals surface area contributed by atoms with Gasteiger partial charge in [0.05, 0.1) is 17.9 Å². The first kappa shape index (κ1) is 19.0. The predicted molar refractivity (Wildman–Crippen MR) is 86.9 cm³/mol. The molecule has 0 bridgehead atoms. The normalized spacial score (nSPS) is 24.8. The van der Waals surface area contributed by atoms with Gasteiger partial charge in [-0.1, -0.05) is 30.3 Å². The zero-order chi connectivity index (χ0) is 17.4. The Morgan fingerprint density at radius 1 is 1.12 bits per heavy atom. The number of hydrogen-bond donors (Lipinski definition) is 1. The zero-order valence-corrected chi connectivity index (χ0v) is 16.6. The van der Waals surface area contributed by atoms with Crippen molar-refractivity contribution in [3.8, 4) is 0 Å². The summed E-state index contributed by atoms with van der Waals surface area (Å²) in [4.78, 5) is 33.0. The van der Waals surface area contributed by atoms with E-state index in [1.54, 1.807) is 42.7 Å². The van der Waals surface area contributed by atoms with Crippen LogP contribution in [0.4, 0.5) is 0 Å². The van der Waals surface area contributed by atoms with Crippen molar-refractivity contribution in [2.75, 3.05) is 0 Å². The topological polar surface area (TPSA) is 95.0 Å². The molecule has 1 aromatic heterocycles. The number of aromatic nitrogens is 2. The molecule has 1 amide bonds. The van der Waals surface area contributed by atoms with Gasteiger partial charge in [-0.3, -0.25) is 4.79 Å². The number of benzene rings is 1. The molecule has 2 aliphatic rings. The van der Waals surface area contributed by atoms with Crippen molar-refractivity contribution in [1.29, 1.82) is 0 Å². The third-order valence-corrected chi connectivity index (χ3v) is 5.19. The molecule has 4 rings (SSSR count). The van der Waals surface area contributed by atoms with Crippen molar-refractivity contribution in [3.05, 3.63) is 60.2 Å². The van der Waals surface area contributed by atoms with Gasteiger partial charge in [0.25, 0.3) is 0 Å². The summed E-state index contributed by atoms with van der Waals surface area (Å²) < 4.78 is 0. The Morgan fingerprint density at radius 2 is 1.77 bits per heavy atom. The van der Waals surface area contributed by atoms with E-state index in [2.05, 4.69) is 15.3 Å². The summed E-state index contributed by atoms with van der Waals surface area (Å²) in [6.45, 7) is 0. The fraction of sp³-hybridized carbons (Fsp3) is 0.368. The average Bonchev–Trinajstić information content (AvgIpc) is 3.54. The molecule has 2 saturated carbocycles. The molecule has 1 N–H and O–H groups in total. The van der Waals surface area contributed by atoms with Crippen LogP contribution in [0.5, 0.6) is 0 Å². The second-order valence-corrected chi connectivity index (χ2v) is 6.81. The van der Waals surface area contributed by atoms with Gasteiger partial charge in [-0.15, -0.1) is 0 Å². The molecule has 0 saturated heterocycles. The summed E-state index contributed by atoms with van der Waals surface area (Å²) in [6.07, 6.45) is 5.58. The molecule has 1 unspecified atom stereocenters. The molecule has 128 valence electrons. The van der Waals surface area contributed by atoms with Gasteiger partial charge in [0.2, 0.25) is 5.91 Å². The zero-order valence-electron chi connectivity index (χ0n) is 14.6. The van der Waals surface area contributed by atoms with Crippen molar-refractivity contribution in [1.82, 2.24) is 15.3 Å². The van der Waals surface area contributed by atoms with E-state index < -0.39 is 17.3 Å². The van der Waals surface area contributed by atoms with Crippen LogP contribution in [0.1, 0.15) is 36.7 Å². The number of nitrogens with zero attached hydrogens (tertiary/aromatic N) is 2. The molecule has 0 aliphatic heterocycles. The minimum atomic E-state index is -1.23. The first-order valence-electron chi connectivity index (χ1n) is 8.47. The summed E-state index contributed by atoms with van der Waals surface area (Å²) in [6, 6.07) is 10.3. The molecular formula is C19H18N3NaO3. The van der Waals surface area contributed by atoms with Gasteiger partial charge in [-0.25, -0.2) is 9.97 Å².